The van der Waals surface area contributed by atoms with Crippen LogP contribution >= 0.6 is 15.9 Å². The summed E-state index contributed by atoms with van der Waals surface area (Å²) in [5.74, 6) is 1.03. The Hall–Kier alpha value is -2.02. The number of aromatic nitrogens is 2. The number of nitrogens with zero attached hydrogens (tertiary/aromatic N) is 2. The number of halogens is 1. The summed E-state index contributed by atoms with van der Waals surface area (Å²) < 4.78 is 13.3. The number of benzene rings is 1. The van der Waals surface area contributed by atoms with Gasteiger partial charge in [-0.1, -0.05) is 0 Å². The number of carbonyl (C=O) groups excluding carboxylic acids is 1. The van der Waals surface area contributed by atoms with Gasteiger partial charge in [0.05, 0.1) is 24.4 Å². The number of carbonyl (C=O) groups is 1. The highest BCUT2D eigenvalue weighted by Gasteiger charge is 2.11. The molecule has 1 aromatic heterocycles. The minimum absolute atomic E-state index is 0.151. The summed E-state index contributed by atoms with van der Waals surface area (Å²) in [7, 11) is 3.12. The van der Waals surface area contributed by atoms with E-state index in [0.29, 0.717) is 23.6 Å². The standard InChI is InChI=1S/C17H22BrN3O3/c1-11-16(18)12(2)21(20-11)7-5-6-19-17(22)13-8-14(23-3)10-15(9-13)24-4/h8-10H,5-7H2,1-4H3,(H,19,22). The molecular formula is C17H22BrN3O3. The molecule has 0 atom stereocenters. The number of nitrogens with one attached hydrogen (secondary N) is 1. The molecule has 6 nitrogen and oxygen atoms in total. The lowest BCUT2D eigenvalue weighted by Gasteiger charge is -2.09. The molecule has 0 fully saturated rings. The highest BCUT2D eigenvalue weighted by molar-refractivity contribution is 9.10. The Bertz CT molecular complexity index is 706. The third kappa shape index (κ3) is 4.29. The van der Waals surface area contributed by atoms with Crippen molar-refractivity contribution in [1.29, 1.82) is 0 Å². The number of hydrogen-bond donors (Lipinski definition) is 1. The SMILES string of the molecule is COc1cc(OC)cc(C(=O)NCCCn2nc(C)c(Br)c2C)c1. The minimum Gasteiger partial charge on any atom is -0.497 e. The Morgan fingerprint density at radius 3 is 2.33 bits per heavy atom. The van der Waals surface area contributed by atoms with E-state index < -0.39 is 0 Å². The van der Waals surface area contributed by atoms with Gasteiger partial charge in [-0.25, -0.2) is 0 Å². The zero-order chi connectivity index (χ0) is 17.7. The lowest BCUT2D eigenvalue weighted by Crippen LogP contribution is -2.25. The summed E-state index contributed by atoms with van der Waals surface area (Å²) in [5.41, 5.74) is 2.58. The Morgan fingerprint density at radius 2 is 1.83 bits per heavy atom. The van der Waals surface area contributed by atoms with E-state index in [1.165, 1.54) is 0 Å². The van der Waals surface area contributed by atoms with Gasteiger partial charge in [0.2, 0.25) is 0 Å². The molecule has 0 aliphatic carbocycles. The number of amides is 1. The molecule has 1 heterocycles. The summed E-state index contributed by atoms with van der Waals surface area (Å²) in [6, 6.07) is 5.11. The van der Waals surface area contributed by atoms with Gasteiger partial charge in [-0.2, -0.15) is 5.10 Å². The molecule has 1 N–H and O–H groups in total. The van der Waals surface area contributed by atoms with Crippen molar-refractivity contribution in [2.75, 3.05) is 20.8 Å². The molecule has 2 rings (SSSR count). The predicted molar refractivity (Wildman–Crippen MR) is 95.9 cm³/mol. The molecule has 0 radical (unpaired) electrons. The van der Waals surface area contributed by atoms with Crippen LogP contribution in [0.3, 0.4) is 0 Å². The van der Waals surface area contributed by atoms with Crippen molar-refractivity contribution >= 4 is 21.8 Å². The molecule has 7 heteroatoms. The van der Waals surface area contributed by atoms with Crippen molar-refractivity contribution in [2.24, 2.45) is 0 Å². The van der Waals surface area contributed by atoms with Crippen molar-refractivity contribution < 1.29 is 14.3 Å². The summed E-state index contributed by atoms with van der Waals surface area (Å²) >= 11 is 3.51. The van der Waals surface area contributed by atoms with E-state index in [1.54, 1.807) is 32.4 Å². The third-order valence-electron chi connectivity index (χ3n) is 3.74. The lowest BCUT2D eigenvalue weighted by atomic mass is 10.2. The van der Waals surface area contributed by atoms with Crippen LogP contribution in [0.5, 0.6) is 11.5 Å². The number of rotatable bonds is 7. The van der Waals surface area contributed by atoms with Gasteiger partial charge in [0, 0.05) is 30.4 Å². The van der Waals surface area contributed by atoms with E-state index in [-0.39, 0.29) is 5.91 Å². The highest BCUT2D eigenvalue weighted by atomic mass is 79.9. The van der Waals surface area contributed by atoms with E-state index in [9.17, 15) is 4.79 Å². The van der Waals surface area contributed by atoms with E-state index in [0.717, 1.165) is 28.8 Å². The van der Waals surface area contributed by atoms with E-state index in [4.69, 9.17) is 9.47 Å². The smallest absolute Gasteiger partial charge is 0.251 e. The molecule has 1 aromatic carbocycles. The Labute approximate surface area is 150 Å². The molecular weight excluding hydrogens is 374 g/mol. The average Bonchev–Trinajstić information content (AvgIpc) is 2.84. The van der Waals surface area contributed by atoms with Crippen molar-refractivity contribution in [3.63, 3.8) is 0 Å². The van der Waals surface area contributed by atoms with Gasteiger partial charge < -0.3 is 14.8 Å². The van der Waals surface area contributed by atoms with Crippen LogP contribution < -0.4 is 14.8 Å². The van der Waals surface area contributed by atoms with Gasteiger partial charge in [0.25, 0.3) is 5.91 Å². The monoisotopic (exact) mass is 395 g/mol. The van der Waals surface area contributed by atoms with Crippen LogP contribution in [0.4, 0.5) is 0 Å². The first-order chi connectivity index (χ1) is 11.5. The van der Waals surface area contributed by atoms with Crippen LogP contribution in [0.15, 0.2) is 22.7 Å². The lowest BCUT2D eigenvalue weighted by molar-refractivity contribution is 0.0952. The molecule has 2 aromatic rings. The van der Waals surface area contributed by atoms with Crippen LogP contribution in [0.1, 0.15) is 28.2 Å². The summed E-state index contributed by atoms with van der Waals surface area (Å²) in [5, 5.41) is 7.36. The van der Waals surface area contributed by atoms with Gasteiger partial charge in [-0.3, -0.25) is 9.48 Å². The van der Waals surface area contributed by atoms with Crippen molar-refractivity contribution in [3.8, 4) is 11.5 Å². The number of ether oxygens (including phenoxy) is 2. The molecule has 130 valence electrons. The topological polar surface area (TPSA) is 65.4 Å². The first-order valence-electron chi connectivity index (χ1n) is 7.67. The molecule has 0 aliphatic heterocycles. The van der Waals surface area contributed by atoms with Gasteiger partial charge in [0.1, 0.15) is 11.5 Å². The largest absolute Gasteiger partial charge is 0.497 e. The summed E-state index contributed by atoms with van der Waals surface area (Å²) in [4.78, 5) is 12.3. The second-order valence-corrected chi connectivity index (χ2v) is 6.21. The maximum absolute atomic E-state index is 12.3. The number of hydrogen-bond acceptors (Lipinski definition) is 4. The predicted octanol–water partition coefficient (Wildman–Crippen LogP) is 3.10. The quantitative estimate of drug-likeness (QED) is 0.731. The molecule has 24 heavy (non-hydrogen) atoms. The van der Waals surface area contributed by atoms with Crippen molar-refractivity contribution in [1.82, 2.24) is 15.1 Å². The normalized spacial score (nSPS) is 10.5. The van der Waals surface area contributed by atoms with Crippen molar-refractivity contribution in [3.05, 3.63) is 39.6 Å². The molecule has 0 aliphatic rings. The zero-order valence-corrected chi connectivity index (χ0v) is 15.9. The molecule has 0 saturated heterocycles. The van der Waals surface area contributed by atoms with Gasteiger partial charge in [-0.15, -0.1) is 0 Å². The van der Waals surface area contributed by atoms with Crippen LogP contribution in [0, 0.1) is 13.8 Å². The Morgan fingerprint density at radius 1 is 1.21 bits per heavy atom. The van der Waals surface area contributed by atoms with Gasteiger partial charge >= 0.3 is 0 Å². The second kappa shape index (κ2) is 8.19. The van der Waals surface area contributed by atoms with Crippen LogP contribution in [-0.2, 0) is 6.54 Å². The van der Waals surface area contributed by atoms with E-state index in [2.05, 4.69) is 26.3 Å². The van der Waals surface area contributed by atoms with Crippen LogP contribution in [0.25, 0.3) is 0 Å². The fraction of sp³-hybridized carbons (Fsp3) is 0.412. The Balaban J connectivity index is 1.90. The third-order valence-corrected chi connectivity index (χ3v) is 4.89. The van der Waals surface area contributed by atoms with E-state index in [1.807, 2.05) is 18.5 Å². The second-order valence-electron chi connectivity index (χ2n) is 5.42. The minimum atomic E-state index is -0.151. The highest BCUT2D eigenvalue weighted by Crippen LogP contribution is 2.22. The first-order valence-corrected chi connectivity index (χ1v) is 8.46. The van der Waals surface area contributed by atoms with Crippen molar-refractivity contribution in [2.45, 2.75) is 26.8 Å². The summed E-state index contributed by atoms with van der Waals surface area (Å²) in [6.45, 7) is 5.30. The molecule has 0 spiro atoms. The molecule has 0 bridgehead atoms. The summed E-state index contributed by atoms with van der Waals surface area (Å²) in [6.07, 6.45) is 0.793. The average molecular weight is 396 g/mol. The van der Waals surface area contributed by atoms with Crippen LogP contribution in [0.2, 0.25) is 0 Å². The van der Waals surface area contributed by atoms with Crippen LogP contribution in [-0.4, -0.2) is 36.5 Å². The number of methoxy groups -OCH3 is 2. The molecule has 1 amide bonds. The Kier molecular flexibility index (Phi) is 6.25. The maximum atomic E-state index is 12.3. The maximum Gasteiger partial charge on any atom is 0.251 e. The van der Waals surface area contributed by atoms with E-state index >= 15 is 0 Å². The fourth-order valence-electron chi connectivity index (χ4n) is 2.36. The first kappa shape index (κ1) is 18.3. The van der Waals surface area contributed by atoms with Gasteiger partial charge in [-0.05, 0) is 48.3 Å². The fourth-order valence-corrected chi connectivity index (χ4v) is 2.65. The molecule has 0 unspecified atom stereocenters. The number of aryl methyl sites for hydroxylation is 2. The molecule has 0 saturated carbocycles. The van der Waals surface area contributed by atoms with Gasteiger partial charge in [0.15, 0.2) is 0 Å². The zero-order valence-electron chi connectivity index (χ0n) is 14.4.